The number of hydrogen-bond acceptors (Lipinski definition) is 7. The summed E-state index contributed by atoms with van der Waals surface area (Å²) >= 11 is 1.32. The molecule has 0 unspecified atom stereocenters. The highest BCUT2D eigenvalue weighted by Gasteiger charge is 2.23. The second-order valence-corrected chi connectivity index (χ2v) is 7.47. The molecule has 1 aromatic rings. The van der Waals surface area contributed by atoms with Crippen molar-refractivity contribution in [3.8, 4) is 6.07 Å². The summed E-state index contributed by atoms with van der Waals surface area (Å²) in [6.07, 6.45) is 1.26. The quantitative estimate of drug-likeness (QED) is 0.462. The Morgan fingerprint density at radius 3 is 2.52 bits per heavy atom. The number of carbonyl (C=O) groups excluding carboxylic acids is 2. The normalized spacial score (nSPS) is 11.8. The molecule has 0 fully saturated rings. The lowest BCUT2D eigenvalue weighted by molar-refractivity contribution is -0.149. The van der Waals surface area contributed by atoms with Crippen molar-refractivity contribution in [2.75, 3.05) is 11.9 Å². The van der Waals surface area contributed by atoms with Crippen molar-refractivity contribution in [3.63, 3.8) is 0 Å². The summed E-state index contributed by atoms with van der Waals surface area (Å²) in [5, 5.41) is 14.5. The van der Waals surface area contributed by atoms with E-state index in [1.807, 2.05) is 25.3 Å². The van der Waals surface area contributed by atoms with E-state index < -0.39 is 17.5 Å². The lowest BCUT2D eigenvalue weighted by Crippen LogP contribution is -2.24. The summed E-state index contributed by atoms with van der Waals surface area (Å²) in [5.41, 5.74) is 0.413. The number of esters is 2. The maximum atomic E-state index is 12.3. The van der Waals surface area contributed by atoms with Crippen LogP contribution < -0.4 is 5.32 Å². The highest BCUT2D eigenvalue weighted by atomic mass is 32.1. The molecule has 0 amide bonds. The number of rotatable bonds is 6. The van der Waals surface area contributed by atoms with Crippen LogP contribution in [0.4, 0.5) is 5.00 Å². The van der Waals surface area contributed by atoms with E-state index >= 15 is 0 Å². The zero-order valence-corrected chi connectivity index (χ0v) is 16.2. The number of thiophene rings is 1. The van der Waals surface area contributed by atoms with Crippen LogP contribution in [0.1, 0.15) is 63.4 Å². The molecule has 0 aliphatic rings. The number of nitrogens with zero attached hydrogens (tertiary/aromatic N) is 1. The summed E-state index contributed by atoms with van der Waals surface area (Å²) in [4.78, 5) is 24.3. The average molecular weight is 364 g/mol. The van der Waals surface area contributed by atoms with E-state index in [4.69, 9.17) is 9.47 Å². The zero-order chi connectivity index (χ0) is 19.2. The second kappa shape index (κ2) is 8.67. The van der Waals surface area contributed by atoms with Crippen LogP contribution in [0.15, 0.2) is 17.2 Å². The molecule has 0 radical (unpaired) electrons. The molecule has 1 rings (SSSR count). The third-order valence-electron chi connectivity index (χ3n) is 3.01. The Morgan fingerprint density at radius 2 is 2.04 bits per heavy atom. The van der Waals surface area contributed by atoms with Gasteiger partial charge in [0.15, 0.2) is 5.57 Å². The molecule has 1 aromatic heterocycles. The highest BCUT2D eigenvalue weighted by Crippen LogP contribution is 2.33. The molecule has 0 atom stereocenters. The fraction of sp³-hybridized carbons (Fsp3) is 0.500. The van der Waals surface area contributed by atoms with Gasteiger partial charge in [-0.1, -0.05) is 13.8 Å². The Morgan fingerprint density at radius 1 is 1.40 bits per heavy atom. The van der Waals surface area contributed by atoms with Gasteiger partial charge in [-0.2, -0.15) is 5.26 Å². The minimum atomic E-state index is -0.721. The van der Waals surface area contributed by atoms with Crippen molar-refractivity contribution in [3.05, 3.63) is 28.3 Å². The number of nitrogens with one attached hydrogen (secondary N) is 1. The zero-order valence-electron chi connectivity index (χ0n) is 15.4. The van der Waals surface area contributed by atoms with Crippen LogP contribution in [0.3, 0.4) is 0 Å². The lowest BCUT2D eigenvalue weighted by atomic mass is 10.0. The molecule has 1 heterocycles. The SMILES string of the molecule is CCOC(=O)c1c(C(C)C)csc1NC=C(C#N)C(=O)OC(C)(C)C. The van der Waals surface area contributed by atoms with E-state index in [0.29, 0.717) is 10.6 Å². The molecule has 136 valence electrons. The van der Waals surface area contributed by atoms with E-state index in [-0.39, 0.29) is 18.1 Å². The molecule has 0 aromatic carbocycles. The van der Waals surface area contributed by atoms with Crippen molar-refractivity contribution < 1.29 is 19.1 Å². The minimum Gasteiger partial charge on any atom is -0.462 e. The highest BCUT2D eigenvalue weighted by molar-refractivity contribution is 7.14. The van der Waals surface area contributed by atoms with Gasteiger partial charge < -0.3 is 14.8 Å². The minimum absolute atomic E-state index is 0.136. The van der Waals surface area contributed by atoms with Crippen LogP contribution in [-0.4, -0.2) is 24.1 Å². The molecule has 6 nitrogen and oxygen atoms in total. The largest absolute Gasteiger partial charge is 0.462 e. The van der Waals surface area contributed by atoms with Gasteiger partial charge in [-0.25, -0.2) is 9.59 Å². The molecule has 25 heavy (non-hydrogen) atoms. The standard InChI is InChI=1S/C18H24N2O4S/c1-7-23-17(22)14-13(11(2)3)10-25-15(14)20-9-12(8-19)16(21)24-18(4,5)6/h9-11,20H,7H2,1-6H3. The number of hydrogen-bond donors (Lipinski definition) is 1. The third-order valence-corrected chi connectivity index (χ3v) is 3.94. The fourth-order valence-corrected chi connectivity index (χ4v) is 3.00. The van der Waals surface area contributed by atoms with Crippen LogP contribution in [0.5, 0.6) is 0 Å². The van der Waals surface area contributed by atoms with E-state index in [1.165, 1.54) is 17.5 Å². The number of nitriles is 1. The summed E-state index contributed by atoms with van der Waals surface area (Å²) in [6.45, 7) is 11.1. The van der Waals surface area contributed by atoms with E-state index in [9.17, 15) is 14.9 Å². The van der Waals surface area contributed by atoms with Crippen molar-refractivity contribution in [1.29, 1.82) is 5.26 Å². The van der Waals surface area contributed by atoms with E-state index in [0.717, 1.165) is 5.56 Å². The molecule has 1 N–H and O–H groups in total. The monoisotopic (exact) mass is 364 g/mol. The van der Waals surface area contributed by atoms with Crippen LogP contribution in [0.2, 0.25) is 0 Å². The van der Waals surface area contributed by atoms with E-state index in [1.54, 1.807) is 27.7 Å². The van der Waals surface area contributed by atoms with Gasteiger partial charge in [-0.05, 0) is 44.6 Å². The predicted octanol–water partition coefficient (Wildman–Crippen LogP) is 4.21. The maximum absolute atomic E-state index is 12.3. The van der Waals surface area contributed by atoms with Crippen molar-refractivity contribution in [1.82, 2.24) is 0 Å². The number of ether oxygens (including phenoxy) is 2. The lowest BCUT2D eigenvalue weighted by Gasteiger charge is -2.18. The van der Waals surface area contributed by atoms with Gasteiger partial charge in [0, 0.05) is 6.20 Å². The Kier molecular flexibility index (Phi) is 7.19. The van der Waals surface area contributed by atoms with Gasteiger partial charge in [0.05, 0.1) is 12.2 Å². The van der Waals surface area contributed by atoms with Gasteiger partial charge in [0.2, 0.25) is 0 Å². The second-order valence-electron chi connectivity index (χ2n) is 6.59. The maximum Gasteiger partial charge on any atom is 0.350 e. The van der Waals surface area contributed by atoms with Crippen LogP contribution >= 0.6 is 11.3 Å². The first kappa shape index (κ1) is 20.7. The molecular weight excluding hydrogens is 340 g/mol. The van der Waals surface area contributed by atoms with Gasteiger partial charge in [0.1, 0.15) is 16.7 Å². The molecule has 0 spiro atoms. The summed E-state index contributed by atoms with van der Waals surface area (Å²) in [7, 11) is 0. The average Bonchev–Trinajstić information content (AvgIpc) is 2.90. The van der Waals surface area contributed by atoms with Gasteiger partial charge in [-0.15, -0.1) is 11.3 Å². The van der Waals surface area contributed by atoms with Crippen molar-refractivity contribution in [2.24, 2.45) is 0 Å². The smallest absolute Gasteiger partial charge is 0.350 e. The Balaban J connectivity index is 3.11. The molecule has 0 aliphatic heterocycles. The number of carbonyl (C=O) groups is 2. The molecule has 0 aliphatic carbocycles. The summed E-state index contributed by atoms with van der Waals surface area (Å²) in [6, 6.07) is 1.81. The van der Waals surface area contributed by atoms with E-state index in [2.05, 4.69) is 5.32 Å². The predicted molar refractivity (Wildman–Crippen MR) is 97.5 cm³/mol. The van der Waals surface area contributed by atoms with Crippen molar-refractivity contribution >= 4 is 28.3 Å². The molecular formula is C18H24N2O4S. The third kappa shape index (κ3) is 5.91. The van der Waals surface area contributed by atoms with Gasteiger partial charge >= 0.3 is 11.9 Å². The Hall–Kier alpha value is -2.33. The first-order chi connectivity index (χ1) is 11.6. The van der Waals surface area contributed by atoms with Crippen molar-refractivity contribution in [2.45, 2.75) is 53.1 Å². The fourth-order valence-electron chi connectivity index (χ4n) is 1.92. The summed E-state index contributed by atoms with van der Waals surface area (Å²) in [5.74, 6) is -1.02. The molecule has 0 saturated carbocycles. The molecule has 0 saturated heterocycles. The number of anilines is 1. The Bertz CT molecular complexity index is 706. The topological polar surface area (TPSA) is 88.4 Å². The van der Waals surface area contributed by atoms with Gasteiger partial charge in [0.25, 0.3) is 0 Å². The summed E-state index contributed by atoms with van der Waals surface area (Å²) < 4.78 is 10.3. The Labute approximate surface area is 152 Å². The molecule has 7 heteroatoms. The van der Waals surface area contributed by atoms with Crippen LogP contribution in [0.25, 0.3) is 0 Å². The molecule has 0 bridgehead atoms. The first-order valence-corrected chi connectivity index (χ1v) is 8.87. The first-order valence-electron chi connectivity index (χ1n) is 7.99. The van der Waals surface area contributed by atoms with Crippen LogP contribution in [-0.2, 0) is 14.3 Å². The van der Waals surface area contributed by atoms with Gasteiger partial charge in [-0.3, -0.25) is 0 Å². The van der Waals surface area contributed by atoms with Crippen LogP contribution in [0, 0.1) is 11.3 Å².